The Morgan fingerprint density at radius 3 is 2.83 bits per heavy atom. The van der Waals surface area contributed by atoms with Gasteiger partial charge < -0.3 is 15.2 Å². The Balaban J connectivity index is 1.46. The first-order chi connectivity index (χ1) is 14.6. The van der Waals surface area contributed by atoms with E-state index < -0.39 is 5.60 Å². The van der Waals surface area contributed by atoms with Crippen LogP contribution in [0, 0.1) is 0 Å². The lowest BCUT2D eigenvalue weighted by Gasteiger charge is -2.35. The average Bonchev–Trinajstić information content (AvgIpc) is 3.41. The lowest BCUT2D eigenvalue weighted by molar-refractivity contribution is -0.00199. The number of pyridine rings is 1. The summed E-state index contributed by atoms with van der Waals surface area (Å²) in [6.07, 6.45) is 9.53. The van der Waals surface area contributed by atoms with Crippen LogP contribution >= 0.6 is 0 Å². The van der Waals surface area contributed by atoms with Crippen molar-refractivity contribution in [3.63, 3.8) is 0 Å². The number of nitrogens with one attached hydrogen (secondary N) is 1. The second-order valence-corrected chi connectivity index (χ2v) is 7.94. The highest BCUT2D eigenvalue weighted by atomic mass is 16.5. The third-order valence-electron chi connectivity index (χ3n) is 6.17. The SMILES string of the molecule is CCC1(O)CCC(Nc2nc(OC)c3c(-c4ccc5ncnn5c4)ccn3n2)CC1. The van der Waals surface area contributed by atoms with Crippen molar-refractivity contribution in [2.45, 2.75) is 50.7 Å². The van der Waals surface area contributed by atoms with Crippen molar-refractivity contribution in [2.75, 3.05) is 12.4 Å². The monoisotopic (exact) mass is 407 g/mol. The number of ether oxygens (including phenoxy) is 1. The largest absolute Gasteiger partial charge is 0.479 e. The molecular weight excluding hydrogens is 382 g/mol. The number of hydrogen-bond donors (Lipinski definition) is 2. The van der Waals surface area contributed by atoms with Crippen LogP contribution in [-0.4, -0.2) is 53.1 Å². The van der Waals surface area contributed by atoms with Gasteiger partial charge in [0.1, 0.15) is 11.8 Å². The van der Waals surface area contributed by atoms with Gasteiger partial charge >= 0.3 is 0 Å². The van der Waals surface area contributed by atoms with Crippen molar-refractivity contribution in [3.8, 4) is 17.0 Å². The van der Waals surface area contributed by atoms with Crippen LogP contribution in [0.15, 0.2) is 36.9 Å². The van der Waals surface area contributed by atoms with E-state index in [4.69, 9.17) is 4.74 Å². The summed E-state index contributed by atoms with van der Waals surface area (Å²) in [7, 11) is 1.62. The Morgan fingerprint density at radius 2 is 2.07 bits per heavy atom. The van der Waals surface area contributed by atoms with E-state index in [0.717, 1.165) is 54.4 Å². The van der Waals surface area contributed by atoms with E-state index >= 15 is 0 Å². The minimum atomic E-state index is -0.527. The molecule has 1 aliphatic carbocycles. The Morgan fingerprint density at radius 1 is 1.23 bits per heavy atom. The number of nitrogens with zero attached hydrogens (tertiary/aromatic N) is 6. The molecule has 9 heteroatoms. The maximum absolute atomic E-state index is 10.5. The molecule has 0 aromatic carbocycles. The Hall–Kier alpha value is -3.20. The molecule has 0 saturated heterocycles. The van der Waals surface area contributed by atoms with Crippen molar-refractivity contribution < 1.29 is 9.84 Å². The van der Waals surface area contributed by atoms with E-state index in [9.17, 15) is 5.11 Å². The maximum atomic E-state index is 10.5. The van der Waals surface area contributed by atoms with E-state index in [-0.39, 0.29) is 6.04 Å². The number of rotatable bonds is 5. The lowest BCUT2D eigenvalue weighted by atomic mass is 9.80. The molecule has 156 valence electrons. The third-order valence-corrected chi connectivity index (χ3v) is 6.17. The molecule has 4 aromatic heterocycles. The van der Waals surface area contributed by atoms with Crippen molar-refractivity contribution >= 4 is 17.1 Å². The summed E-state index contributed by atoms with van der Waals surface area (Å²) >= 11 is 0. The minimum Gasteiger partial charge on any atom is -0.479 e. The Kier molecular flexibility index (Phi) is 4.54. The van der Waals surface area contributed by atoms with Crippen LogP contribution in [0.25, 0.3) is 22.3 Å². The Labute approximate surface area is 173 Å². The molecular formula is C21H25N7O2. The molecule has 0 unspecified atom stereocenters. The highest BCUT2D eigenvalue weighted by Crippen LogP contribution is 2.34. The van der Waals surface area contributed by atoms with Crippen LogP contribution in [0.5, 0.6) is 5.88 Å². The van der Waals surface area contributed by atoms with Gasteiger partial charge in [-0.3, -0.25) is 0 Å². The van der Waals surface area contributed by atoms with Crippen LogP contribution < -0.4 is 10.1 Å². The molecule has 0 amide bonds. The zero-order valence-electron chi connectivity index (χ0n) is 17.1. The summed E-state index contributed by atoms with van der Waals surface area (Å²) in [6, 6.07) is 6.16. The lowest BCUT2D eigenvalue weighted by Crippen LogP contribution is -2.38. The molecule has 1 aliphatic rings. The summed E-state index contributed by atoms with van der Waals surface area (Å²) < 4.78 is 9.14. The van der Waals surface area contributed by atoms with E-state index in [1.165, 1.54) is 6.33 Å². The van der Waals surface area contributed by atoms with Gasteiger partial charge in [-0.05, 0) is 50.3 Å². The van der Waals surface area contributed by atoms with Crippen LogP contribution in [0.2, 0.25) is 0 Å². The van der Waals surface area contributed by atoms with Crippen LogP contribution in [0.4, 0.5) is 5.95 Å². The molecule has 2 N–H and O–H groups in total. The fourth-order valence-corrected chi connectivity index (χ4v) is 4.24. The van der Waals surface area contributed by atoms with Crippen LogP contribution in [0.3, 0.4) is 0 Å². The van der Waals surface area contributed by atoms with Crippen molar-refractivity contribution in [3.05, 3.63) is 36.9 Å². The normalized spacial score (nSPS) is 21.9. The van der Waals surface area contributed by atoms with E-state index in [1.54, 1.807) is 16.1 Å². The van der Waals surface area contributed by atoms with Gasteiger partial charge in [0.15, 0.2) is 5.65 Å². The fourth-order valence-electron chi connectivity index (χ4n) is 4.24. The van der Waals surface area contributed by atoms with E-state index in [1.807, 2.05) is 37.5 Å². The number of methoxy groups -OCH3 is 1. The summed E-state index contributed by atoms with van der Waals surface area (Å²) in [6.45, 7) is 2.04. The molecule has 0 radical (unpaired) electrons. The van der Waals surface area contributed by atoms with Crippen molar-refractivity contribution in [1.82, 2.24) is 29.2 Å². The number of aromatic nitrogens is 6. The van der Waals surface area contributed by atoms with E-state index in [0.29, 0.717) is 11.8 Å². The highest BCUT2D eigenvalue weighted by molar-refractivity contribution is 5.84. The molecule has 0 bridgehead atoms. The second kappa shape index (κ2) is 7.24. The minimum absolute atomic E-state index is 0.240. The predicted octanol–water partition coefficient (Wildman–Crippen LogP) is 2.94. The first-order valence-electron chi connectivity index (χ1n) is 10.3. The quantitative estimate of drug-likeness (QED) is 0.524. The van der Waals surface area contributed by atoms with Crippen molar-refractivity contribution in [2.24, 2.45) is 0 Å². The Bertz CT molecular complexity index is 1190. The molecule has 4 heterocycles. The van der Waals surface area contributed by atoms with Gasteiger partial charge in [-0.25, -0.2) is 14.0 Å². The van der Waals surface area contributed by atoms with Gasteiger partial charge in [0.25, 0.3) is 0 Å². The smallest absolute Gasteiger partial charge is 0.244 e. The van der Waals surface area contributed by atoms with Crippen LogP contribution in [-0.2, 0) is 0 Å². The molecule has 30 heavy (non-hydrogen) atoms. The number of anilines is 1. The molecule has 5 rings (SSSR count). The second-order valence-electron chi connectivity index (χ2n) is 7.94. The fraction of sp³-hybridized carbons (Fsp3) is 0.429. The predicted molar refractivity (Wildman–Crippen MR) is 113 cm³/mol. The number of aliphatic hydroxyl groups is 1. The summed E-state index contributed by atoms with van der Waals surface area (Å²) in [4.78, 5) is 8.81. The first-order valence-corrected chi connectivity index (χ1v) is 10.3. The molecule has 1 saturated carbocycles. The number of fused-ring (bicyclic) bond motifs is 2. The molecule has 0 atom stereocenters. The summed E-state index contributed by atoms with van der Waals surface area (Å²) in [5.41, 5.74) is 3.00. The van der Waals surface area contributed by atoms with Crippen LogP contribution in [0.1, 0.15) is 39.0 Å². The maximum Gasteiger partial charge on any atom is 0.244 e. The number of hydrogen-bond acceptors (Lipinski definition) is 7. The van der Waals surface area contributed by atoms with E-state index in [2.05, 4.69) is 25.5 Å². The topological polar surface area (TPSA) is 102 Å². The molecule has 9 nitrogen and oxygen atoms in total. The summed E-state index contributed by atoms with van der Waals surface area (Å²) in [5.74, 6) is 1.03. The average molecular weight is 407 g/mol. The van der Waals surface area contributed by atoms with Gasteiger partial charge in [0.2, 0.25) is 11.8 Å². The van der Waals surface area contributed by atoms with Gasteiger partial charge in [-0.1, -0.05) is 6.92 Å². The first kappa shape index (κ1) is 18.8. The standard InChI is InChI=1S/C21H25N7O2/c1-3-21(29)9-6-15(7-10-21)24-20-25-19(30-2)18-16(8-11-27(18)26-20)14-4-5-17-22-13-23-28(17)12-14/h4-5,8,11-13,15,29H,3,6-7,9-10H2,1-2H3,(H,24,26). The third kappa shape index (κ3) is 3.24. The summed E-state index contributed by atoms with van der Waals surface area (Å²) in [5, 5.41) is 22.7. The van der Waals surface area contributed by atoms with Gasteiger partial charge in [0.05, 0.1) is 12.7 Å². The molecule has 4 aromatic rings. The zero-order chi connectivity index (χ0) is 20.7. The van der Waals surface area contributed by atoms with Gasteiger partial charge in [0, 0.05) is 29.6 Å². The molecule has 0 aliphatic heterocycles. The zero-order valence-corrected chi connectivity index (χ0v) is 17.1. The van der Waals surface area contributed by atoms with Gasteiger partial charge in [-0.15, -0.1) is 5.10 Å². The van der Waals surface area contributed by atoms with Crippen molar-refractivity contribution in [1.29, 1.82) is 0 Å². The highest BCUT2D eigenvalue weighted by Gasteiger charge is 2.31. The molecule has 0 spiro atoms. The molecule has 1 fully saturated rings. The van der Waals surface area contributed by atoms with Gasteiger partial charge in [-0.2, -0.15) is 10.1 Å².